The highest BCUT2D eigenvalue weighted by atomic mass is 19.2. The van der Waals surface area contributed by atoms with Gasteiger partial charge < -0.3 is 4.74 Å². The monoisotopic (exact) mass is 516 g/mol. The summed E-state index contributed by atoms with van der Waals surface area (Å²) in [6.07, 6.45) is 14.6. The molecule has 202 valence electrons. The maximum atomic E-state index is 14.8. The van der Waals surface area contributed by atoms with E-state index in [4.69, 9.17) is 4.74 Å². The molecular formula is C35H42F2O. The van der Waals surface area contributed by atoms with E-state index >= 15 is 0 Å². The van der Waals surface area contributed by atoms with E-state index in [1.165, 1.54) is 28.7 Å². The fourth-order valence-corrected chi connectivity index (χ4v) is 5.48. The molecule has 0 atom stereocenters. The zero-order valence-electron chi connectivity index (χ0n) is 23.0. The van der Waals surface area contributed by atoms with Crippen molar-refractivity contribution < 1.29 is 13.5 Å². The first kappa shape index (κ1) is 28.1. The quantitative estimate of drug-likeness (QED) is 0.172. The molecule has 3 aromatic carbocycles. The number of rotatable bonds is 12. The minimum atomic E-state index is -0.835. The Kier molecular flexibility index (Phi) is 10.6. The lowest BCUT2D eigenvalue weighted by atomic mass is 9.78. The number of allylic oxidation sites excluding steroid dienone is 2. The van der Waals surface area contributed by atoms with Crippen molar-refractivity contribution in [3.8, 4) is 16.9 Å². The average Bonchev–Trinajstić information content (AvgIpc) is 2.95. The van der Waals surface area contributed by atoms with Gasteiger partial charge in [0, 0.05) is 0 Å². The van der Waals surface area contributed by atoms with Crippen LogP contribution >= 0.6 is 0 Å². The Labute approximate surface area is 227 Å². The van der Waals surface area contributed by atoms with Crippen LogP contribution in [0.2, 0.25) is 0 Å². The first-order valence-electron chi connectivity index (χ1n) is 14.5. The molecular weight excluding hydrogens is 474 g/mol. The molecule has 0 spiro atoms. The zero-order valence-corrected chi connectivity index (χ0v) is 23.0. The van der Waals surface area contributed by atoms with E-state index in [1.54, 1.807) is 12.1 Å². The number of aryl methyl sites for hydroxylation is 2. The van der Waals surface area contributed by atoms with Crippen molar-refractivity contribution >= 4 is 0 Å². The minimum absolute atomic E-state index is 0.0343. The molecule has 0 heterocycles. The Morgan fingerprint density at radius 1 is 0.737 bits per heavy atom. The summed E-state index contributed by atoms with van der Waals surface area (Å²) in [5, 5.41) is 0. The van der Waals surface area contributed by atoms with Gasteiger partial charge in [-0.15, -0.1) is 0 Å². The second-order valence-electron chi connectivity index (χ2n) is 10.7. The van der Waals surface area contributed by atoms with Crippen molar-refractivity contribution in [3.63, 3.8) is 0 Å². The number of halogens is 2. The third-order valence-electron chi connectivity index (χ3n) is 7.83. The lowest BCUT2D eigenvalue weighted by molar-refractivity contribution is 0.286. The summed E-state index contributed by atoms with van der Waals surface area (Å²) in [6, 6.07) is 21.2. The van der Waals surface area contributed by atoms with Gasteiger partial charge in [-0.3, -0.25) is 0 Å². The highest BCUT2D eigenvalue weighted by Crippen LogP contribution is 2.39. The Morgan fingerprint density at radius 2 is 1.37 bits per heavy atom. The van der Waals surface area contributed by atoms with Crippen molar-refractivity contribution in [1.29, 1.82) is 0 Å². The van der Waals surface area contributed by atoms with Crippen LogP contribution in [-0.4, -0.2) is 6.61 Å². The maximum Gasteiger partial charge on any atom is 0.200 e. The fraction of sp³-hybridized carbons (Fsp3) is 0.429. The molecule has 0 aromatic heterocycles. The SMILES string of the molecule is CCCCOc1ccc(C2CCC(C=CCCc3ccc(-c4ccc(CCC)cc4)cc3)CC2)c(F)c1F. The molecule has 0 radical (unpaired) electrons. The Morgan fingerprint density at radius 3 is 1.97 bits per heavy atom. The van der Waals surface area contributed by atoms with E-state index in [-0.39, 0.29) is 11.7 Å². The summed E-state index contributed by atoms with van der Waals surface area (Å²) in [7, 11) is 0. The molecule has 0 N–H and O–H groups in total. The van der Waals surface area contributed by atoms with E-state index in [9.17, 15) is 8.78 Å². The summed E-state index contributed by atoms with van der Waals surface area (Å²) in [5.74, 6) is -0.919. The van der Waals surface area contributed by atoms with Gasteiger partial charge in [-0.1, -0.05) is 93.4 Å². The van der Waals surface area contributed by atoms with Gasteiger partial charge in [0.15, 0.2) is 11.6 Å². The van der Waals surface area contributed by atoms with Crippen LogP contribution in [0.1, 0.15) is 87.8 Å². The van der Waals surface area contributed by atoms with Crippen LogP contribution in [0.4, 0.5) is 8.78 Å². The van der Waals surface area contributed by atoms with Gasteiger partial charge in [-0.25, -0.2) is 4.39 Å². The van der Waals surface area contributed by atoms with Crippen LogP contribution in [-0.2, 0) is 12.8 Å². The molecule has 0 bridgehead atoms. The van der Waals surface area contributed by atoms with Gasteiger partial charge in [0.1, 0.15) is 0 Å². The van der Waals surface area contributed by atoms with E-state index in [0.717, 1.165) is 57.8 Å². The third kappa shape index (κ3) is 7.56. The van der Waals surface area contributed by atoms with Crippen LogP contribution in [0.25, 0.3) is 11.1 Å². The Hall–Kier alpha value is -2.94. The summed E-state index contributed by atoms with van der Waals surface area (Å²) < 4.78 is 34.7. The topological polar surface area (TPSA) is 9.23 Å². The van der Waals surface area contributed by atoms with E-state index in [1.807, 2.05) is 6.92 Å². The Balaban J connectivity index is 1.22. The van der Waals surface area contributed by atoms with Crippen molar-refractivity contribution in [2.75, 3.05) is 6.61 Å². The normalized spacial score (nSPS) is 17.7. The molecule has 0 unspecified atom stereocenters. The smallest absolute Gasteiger partial charge is 0.200 e. The number of ether oxygens (including phenoxy) is 1. The molecule has 1 aliphatic rings. The van der Waals surface area contributed by atoms with E-state index in [2.05, 4.69) is 67.6 Å². The number of hydrogen-bond donors (Lipinski definition) is 0. The molecule has 1 saturated carbocycles. The maximum absolute atomic E-state index is 14.8. The lowest BCUT2D eigenvalue weighted by Gasteiger charge is -2.27. The highest BCUT2D eigenvalue weighted by Gasteiger charge is 2.25. The molecule has 38 heavy (non-hydrogen) atoms. The summed E-state index contributed by atoms with van der Waals surface area (Å²) in [5.41, 5.74) is 5.79. The summed E-state index contributed by atoms with van der Waals surface area (Å²) in [4.78, 5) is 0. The summed E-state index contributed by atoms with van der Waals surface area (Å²) in [6.45, 7) is 4.67. The standard InChI is InChI=1S/C35H42F2O/c1-3-5-25-38-33-24-23-32(34(36)35(33)37)31-21-15-28(16-22-31)10-7-6-9-27-13-19-30(20-14-27)29-17-11-26(8-4-2)12-18-29/h7,10-14,17-20,23-24,28,31H,3-6,8-9,15-16,21-22,25H2,1-2H3. The van der Waals surface area contributed by atoms with Crippen molar-refractivity contribution in [2.45, 2.75) is 84.0 Å². The molecule has 0 aliphatic heterocycles. The van der Waals surface area contributed by atoms with E-state index < -0.39 is 11.6 Å². The molecule has 0 amide bonds. The fourth-order valence-electron chi connectivity index (χ4n) is 5.48. The van der Waals surface area contributed by atoms with Crippen LogP contribution < -0.4 is 4.74 Å². The van der Waals surface area contributed by atoms with Crippen LogP contribution in [0.15, 0.2) is 72.8 Å². The van der Waals surface area contributed by atoms with Gasteiger partial charge in [0.25, 0.3) is 0 Å². The second-order valence-corrected chi connectivity index (χ2v) is 10.7. The number of unbranched alkanes of at least 4 members (excludes halogenated alkanes) is 1. The second kappa shape index (κ2) is 14.3. The number of hydrogen-bond acceptors (Lipinski definition) is 1. The highest BCUT2D eigenvalue weighted by molar-refractivity contribution is 5.64. The van der Waals surface area contributed by atoms with Crippen LogP contribution in [0.5, 0.6) is 5.75 Å². The molecule has 3 heteroatoms. The van der Waals surface area contributed by atoms with Crippen molar-refractivity contribution in [2.24, 2.45) is 5.92 Å². The van der Waals surface area contributed by atoms with Crippen LogP contribution in [0.3, 0.4) is 0 Å². The van der Waals surface area contributed by atoms with Crippen molar-refractivity contribution in [1.82, 2.24) is 0 Å². The third-order valence-corrected chi connectivity index (χ3v) is 7.83. The van der Waals surface area contributed by atoms with Crippen molar-refractivity contribution in [3.05, 3.63) is 101 Å². The Bertz CT molecular complexity index is 1160. The van der Waals surface area contributed by atoms with Crippen LogP contribution in [0, 0.1) is 17.6 Å². The van der Waals surface area contributed by atoms with Gasteiger partial charge in [0.2, 0.25) is 5.82 Å². The van der Waals surface area contributed by atoms with Gasteiger partial charge >= 0.3 is 0 Å². The molecule has 1 aliphatic carbocycles. The predicted molar refractivity (Wildman–Crippen MR) is 155 cm³/mol. The average molecular weight is 517 g/mol. The van der Waals surface area contributed by atoms with Gasteiger partial charge in [-0.05, 0) is 97.1 Å². The minimum Gasteiger partial charge on any atom is -0.490 e. The lowest BCUT2D eigenvalue weighted by Crippen LogP contribution is -2.14. The molecule has 0 saturated heterocycles. The van der Waals surface area contributed by atoms with E-state index in [0.29, 0.717) is 18.1 Å². The largest absolute Gasteiger partial charge is 0.490 e. The summed E-state index contributed by atoms with van der Waals surface area (Å²) >= 11 is 0. The zero-order chi connectivity index (χ0) is 26.7. The van der Waals surface area contributed by atoms with Gasteiger partial charge in [-0.2, -0.15) is 4.39 Å². The molecule has 1 fully saturated rings. The predicted octanol–water partition coefficient (Wildman–Crippen LogP) is 10.2. The van der Waals surface area contributed by atoms with Gasteiger partial charge in [0.05, 0.1) is 6.61 Å². The molecule has 4 rings (SSSR count). The molecule has 3 aromatic rings. The molecule has 1 nitrogen and oxygen atoms in total. The first-order chi connectivity index (χ1) is 18.6. The first-order valence-corrected chi connectivity index (χ1v) is 14.5. The number of benzene rings is 3.